The maximum Gasteiger partial charge on any atom is 0.374 e. The number of nitrogens with zero attached hydrogens (tertiary/aromatic N) is 2. The lowest BCUT2D eigenvalue weighted by atomic mass is 9.52. The molecule has 0 aliphatic carbocycles. The van der Waals surface area contributed by atoms with E-state index >= 15 is 0 Å². The van der Waals surface area contributed by atoms with Gasteiger partial charge >= 0.3 is 6.92 Å². The standard InChI is InChI=1S/C16H19BN2O5/c1-16(22-5-6-23-16)13-7-11(9-19-15(13)21-2)12-8-17(24-10-18)4-3-14(12)20/h7,9,12H,3-6,8H2,1-2H3. The van der Waals surface area contributed by atoms with Gasteiger partial charge in [0.05, 0.1) is 25.9 Å². The van der Waals surface area contributed by atoms with E-state index < -0.39 is 5.79 Å². The molecule has 1 unspecified atom stereocenters. The Morgan fingerprint density at radius 1 is 1.46 bits per heavy atom. The highest BCUT2D eigenvalue weighted by atomic mass is 16.7. The molecule has 1 aromatic rings. The van der Waals surface area contributed by atoms with E-state index in [9.17, 15) is 4.79 Å². The molecular formula is C16H19BN2O5. The van der Waals surface area contributed by atoms with Crippen LogP contribution < -0.4 is 4.74 Å². The molecule has 0 bridgehead atoms. The molecular weight excluding hydrogens is 311 g/mol. The fraction of sp³-hybridized carbons (Fsp3) is 0.562. The maximum absolute atomic E-state index is 12.4. The number of Topliss-reactive ketones (excluding diaryl/α,β-unsaturated/α-hetero) is 1. The fourth-order valence-corrected chi connectivity index (χ4v) is 3.31. The second kappa shape index (κ2) is 6.79. The third kappa shape index (κ3) is 3.10. The van der Waals surface area contributed by atoms with Gasteiger partial charge in [-0.2, -0.15) is 5.26 Å². The topological polar surface area (TPSA) is 90.7 Å². The van der Waals surface area contributed by atoms with Crippen LogP contribution in [0.3, 0.4) is 0 Å². The van der Waals surface area contributed by atoms with E-state index in [1.165, 1.54) is 7.11 Å². The molecule has 24 heavy (non-hydrogen) atoms. The van der Waals surface area contributed by atoms with Crippen LogP contribution in [0.4, 0.5) is 0 Å². The molecule has 8 heteroatoms. The first kappa shape index (κ1) is 16.7. The van der Waals surface area contributed by atoms with Crippen LogP contribution in [0.15, 0.2) is 12.3 Å². The molecule has 7 nitrogen and oxygen atoms in total. The van der Waals surface area contributed by atoms with Crippen molar-refractivity contribution in [1.29, 1.82) is 5.26 Å². The summed E-state index contributed by atoms with van der Waals surface area (Å²) in [6.07, 6.45) is 4.79. The molecule has 0 spiro atoms. The van der Waals surface area contributed by atoms with Gasteiger partial charge in [0.15, 0.2) is 5.79 Å². The smallest absolute Gasteiger partial charge is 0.374 e. The van der Waals surface area contributed by atoms with Crippen LogP contribution in [0.2, 0.25) is 12.6 Å². The van der Waals surface area contributed by atoms with E-state index in [1.54, 1.807) is 12.5 Å². The number of ketones is 1. The lowest BCUT2D eigenvalue weighted by Gasteiger charge is -2.27. The molecule has 0 radical (unpaired) electrons. The van der Waals surface area contributed by atoms with Crippen LogP contribution in [0, 0.1) is 11.5 Å². The molecule has 1 atom stereocenters. The average molecular weight is 330 g/mol. The van der Waals surface area contributed by atoms with Gasteiger partial charge in [0.1, 0.15) is 5.78 Å². The number of hydrogen-bond acceptors (Lipinski definition) is 7. The first-order chi connectivity index (χ1) is 11.6. The highest BCUT2D eigenvalue weighted by Gasteiger charge is 2.39. The van der Waals surface area contributed by atoms with Gasteiger partial charge in [-0.15, -0.1) is 0 Å². The van der Waals surface area contributed by atoms with E-state index in [4.69, 9.17) is 24.1 Å². The predicted octanol–water partition coefficient (Wildman–Crippen LogP) is 1.86. The Labute approximate surface area is 141 Å². The van der Waals surface area contributed by atoms with Crippen molar-refractivity contribution in [2.24, 2.45) is 0 Å². The second-order valence-electron chi connectivity index (χ2n) is 6.09. The summed E-state index contributed by atoms with van der Waals surface area (Å²) in [6, 6.07) is 1.86. The Bertz CT molecular complexity index is 669. The fourth-order valence-electron chi connectivity index (χ4n) is 3.31. The largest absolute Gasteiger partial charge is 0.498 e. The summed E-state index contributed by atoms with van der Waals surface area (Å²) < 4.78 is 21.8. The van der Waals surface area contributed by atoms with Crippen molar-refractivity contribution in [3.8, 4) is 12.1 Å². The molecule has 2 aliphatic heterocycles. The van der Waals surface area contributed by atoms with Crippen molar-refractivity contribution < 1.29 is 23.7 Å². The van der Waals surface area contributed by atoms with Crippen LogP contribution >= 0.6 is 0 Å². The molecule has 2 fully saturated rings. The number of methoxy groups -OCH3 is 1. The van der Waals surface area contributed by atoms with Gasteiger partial charge in [0, 0.05) is 18.5 Å². The minimum absolute atomic E-state index is 0.129. The zero-order valence-corrected chi connectivity index (χ0v) is 13.8. The van der Waals surface area contributed by atoms with Gasteiger partial charge in [-0.05, 0) is 31.2 Å². The van der Waals surface area contributed by atoms with Gasteiger partial charge < -0.3 is 18.9 Å². The van der Waals surface area contributed by atoms with Crippen LogP contribution in [0.25, 0.3) is 0 Å². The lowest BCUT2D eigenvalue weighted by molar-refractivity contribution is -0.151. The number of pyridine rings is 1. The highest BCUT2D eigenvalue weighted by Crippen LogP contribution is 2.39. The summed E-state index contributed by atoms with van der Waals surface area (Å²) in [5.41, 5.74) is 1.43. The number of rotatable bonds is 4. The SMILES string of the molecule is COc1ncc(C2CB(OC#N)CCC2=O)cc1C1(C)OCCO1. The number of ether oxygens (including phenoxy) is 3. The minimum Gasteiger partial charge on any atom is -0.498 e. The number of hydrogen-bond donors (Lipinski definition) is 0. The molecule has 0 saturated carbocycles. The zero-order chi connectivity index (χ0) is 17.2. The van der Waals surface area contributed by atoms with Crippen molar-refractivity contribution in [3.05, 3.63) is 23.4 Å². The van der Waals surface area contributed by atoms with Crippen LogP contribution in [0.5, 0.6) is 5.88 Å². The van der Waals surface area contributed by atoms with E-state index in [0.717, 1.165) is 5.56 Å². The Morgan fingerprint density at radius 3 is 2.88 bits per heavy atom. The van der Waals surface area contributed by atoms with Crippen molar-refractivity contribution in [2.75, 3.05) is 20.3 Å². The summed E-state index contributed by atoms with van der Waals surface area (Å²) in [5, 5.41) is 8.71. The van der Waals surface area contributed by atoms with Gasteiger partial charge in [-0.1, -0.05) is 0 Å². The second-order valence-corrected chi connectivity index (χ2v) is 6.09. The summed E-state index contributed by atoms with van der Waals surface area (Å²) in [5.74, 6) is -0.742. The number of nitriles is 1. The molecule has 1 aromatic heterocycles. The van der Waals surface area contributed by atoms with E-state index in [2.05, 4.69) is 4.98 Å². The normalized spacial score (nSPS) is 23.0. The molecule has 3 heterocycles. The molecule has 3 rings (SSSR count). The minimum atomic E-state index is -0.936. The zero-order valence-electron chi connectivity index (χ0n) is 13.8. The van der Waals surface area contributed by atoms with Gasteiger partial charge in [0.25, 0.3) is 6.26 Å². The number of carbonyl (C=O) groups excluding carboxylic acids is 1. The quantitative estimate of drug-likeness (QED) is 0.614. The van der Waals surface area contributed by atoms with Crippen molar-refractivity contribution in [1.82, 2.24) is 4.98 Å². The summed E-state index contributed by atoms with van der Waals surface area (Å²) in [6.45, 7) is 2.56. The highest BCUT2D eigenvalue weighted by molar-refractivity contribution is 6.54. The number of carbonyl (C=O) groups is 1. The first-order valence-corrected chi connectivity index (χ1v) is 7.97. The predicted molar refractivity (Wildman–Crippen MR) is 84.5 cm³/mol. The van der Waals surface area contributed by atoms with E-state index in [-0.39, 0.29) is 18.6 Å². The van der Waals surface area contributed by atoms with Crippen LogP contribution in [-0.4, -0.2) is 38.0 Å². The first-order valence-electron chi connectivity index (χ1n) is 7.97. The summed E-state index contributed by atoms with van der Waals surface area (Å²) >= 11 is 0. The Balaban J connectivity index is 1.93. The maximum atomic E-state index is 12.4. The summed E-state index contributed by atoms with van der Waals surface area (Å²) in [7, 11) is 1.53. The third-order valence-electron chi connectivity index (χ3n) is 4.61. The molecule has 2 saturated heterocycles. The van der Waals surface area contributed by atoms with Gasteiger partial charge in [-0.25, -0.2) is 4.98 Å². The van der Waals surface area contributed by atoms with Crippen LogP contribution in [-0.2, 0) is 24.7 Å². The van der Waals surface area contributed by atoms with Crippen molar-refractivity contribution in [3.63, 3.8) is 0 Å². The lowest BCUT2D eigenvalue weighted by Crippen LogP contribution is -2.30. The third-order valence-corrected chi connectivity index (χ3v) is 4.61. The van der Waals surface area contributed by atoms with Gasteiger partial charge in [-0.3, -0.25) is 4.79 Å². The Hall–Kier alpha value is -2.11. The van der Waals surface area contributed by atoms with E-state index in [0.29, 0.717) is 43.7 Å². The molecule has 0 N–H and O–H groups in total. The van der Waals surface area contributed by atoms with Gasteiger partial charge in [0.2, 0.25) is 5.88 Å². The summed E-state index contributed by atoms with van der Waals surface area (Å²) in [4.78, 5) is 16.7. The van der Waals surface area contributed by atoms with Crippen molar-refractivity contribution >= 4 is 12.7 Å². The van der Waals surface area contributed by atoms with Crippen molar-refractivity contribution in [2.45, 2.75) is 37.7 Å². The average Bonchev–Trinajstić information content (AvgIpc) is 3.04. The monoisotopic (exact) mass is 330 g/mol. The molecule has 0 aromatic carbocycles. The molecule has 2 aliphatic rings. The number of aromatic nitrogens is 1. The Morgan fingerprint density at radius 2 is 2.21 bits per heavy atom. The Kier molecular flexibility index (Phi) is 4.74. The molecule has 0 amide bonds. The molecule has 126 valence electrons. The van der Waals surface area contributed by atoms with E-state index in [1.807, 2.05) is 13.0 Å². The van der Waals surface area contributed by atoms with Crippen LogP contribution in [0.1, 0.15) is 30.4 Å².